The third-order valence-electron chi connectivity index (χ3n) is 5.70. The number of fused-ring (bicyclic) bond motifs is 1. The number of nitrogens with one attached hydrogen (secondary N) is 1. The van der Waals surface area contributed by atoms with Crippen molar-refractivity contribution < 1.29 is 4.79 Å². The van der Waals surface area contributed by atoms with Crippen molar-refractivity contribution in [2.24, 2.45) is 5.92 Å². The summed E-state index contributed by atoms with van der Waals surface area (Å²) in [5, 5.41) is 5.00. The van der Waals surface area contributed by atoms with E-state index >= 15 is 0 Å². The molecular formula is C21H30Cl3N5O. The van der Waals surface area contributed by atoms with E-state index in [4.69, 9.17) is 16.6 Å². The van der Waals surface area contributed by atoms with Crippen LogP contribution in [0.2, 0.25) is 5.02 Å². The lowest BCUT2D eigenvalue weighted by Crippen LogP contribution is -2.44. The van der Waals surface area contributed by atoms with Crippen LogP contribution < -0.4 is 15.1 Å². The monoisotopic (exact) mass is 473 g/mol. The van der Waals surface area contributed by atoms with Crippen LogP contribution in [0.3, 0.4) is 0 Å². The molecule has 0 radical (unpaired) electrons. The molecule has 0 saturated carbocycles. The van der Waals surface area contributed by atoms with E-state index in [0.717, 1.165) is 74.5 Å². The van der Waals surface area contributed by atoms with Crippen LogP contribution in [0.4, 0.5) is 11.5 Å². The van der Waals surface area contributed by atoms with E-state index in [2.05, 4.69) is 15.1 Å². The largest absolute Gasteiger partial charge is 0.353 e. The molecule has 3 heterocycles. The number of carbonyl (C=O) groups is 1. The Morgan fingerprint density at radius 1 is 1.17 bits per heavy atom. The number of aromatic nitrogens is 1. The number of carbonyl (C=O) groups excluding carboxylic acids is 1. The van der Waals surface area contributed by atoms with Gasteiger partial charge in [0.2, 0.25) is 5.91 Å². The molecule has 0 aliphatic carbocycles. The summed E-state index contributed by atoms with van der Waals surface area (Å²) in [7, 11) is 4.10. The van der Waals surface area contributed by atoms with Gasteiger partial charge in [0.05, 0.1) is 10.5 Å². The Hall–Kier alpha value is -1.31. The third-order valence-corrected chi connectivity index (χ3v) is 5.98. The average Bonchev–Trinajstić information content (AvgIpc) is 3.06. The number of piperazine rings is 1. The van der Waals surface area contributed by atoms with Gasteiger partial charge < -0.3 is 20.0 Å². The topological polar surface area (TPSA) is 51.7 Å². The van der Waals surface area contributed by atoms with E-state index in [-0.39, 0.29) is 36.6 Å². The summed E-state index contributed by atoms with van der Waals surface area (Å²) in [5.74, 6) is 1.21. The van der Waals surface area contributed by atoms with Crippen molar-refractivity contribution in [3.63, 3.8) is 0 Å². The fourth-order valence-electron chi connectivity index (χ4n) is 4.07. The van der Waals surface area contributed by atoms with Gasteiger partial charge in [0.15, 0.2) is 0 Å². The van der Waals surface area contributed by atoms with E-state index in [1.807, 2.05) is 43.3 Å². The summed E-state index contributed by atoms with van der Waals surface area (Å²) in [4.78, 5) is 23.9. The first-order valence-electron chi connectivity index (χ1n) is 10.0. The molecule has 4 rings (SSSR count). The summed E-state index contributed by atoms with van der Waals surface area (Å²) < 4.78 is 0. The van der Waals surface area contributed by atoms with Gasteiger partial charge in [-0.15, -0.1) is 24.8 Å². The van der Waals surface area contributed by atoms with Gasteiger partial charge in [0.25, 0.3) is 0 Å². The molecule has 2 saturated heterocycles. The van der Waals surface area contributed by atoms with Crippen molar-refractivity contribution in [2.75, 3.05) is 63.2 Å². The molecule has 1 aromatic carbocycles. The Morgan fingerprint density at radius 2 is 1.90 bits per heavy atom. The maximum atomic E-state index is 12.8. The van der Waals surface area contributed by atoms with E-state index in [9.17, 15) is 4.79 Å². The second-order valence-electron chi connectivity index (χ2n) is 7.98. The van der Waals surface area contributed by atoms with Gasteiger partial charge in [-0.2, -0.15) is 0 Å². The first kappa shape index (κ1) is 25.0. The van der Waals surface area contributed by atoms with Crippen molar-refractivity contribution in [3.05, 3.63) is 29.3 Å². The predicted octanol–water partition coefficient (Wildman–Crippen LogP) is 3.45. The molecule has 0 bridgehead atoms. The van der Waals surface area contributed by atoms with E-state index in [1.54, 1.807) is 0 Å². The second-order valence-corrected chi connectivity index (χ2v) is 8.38. The molecule has 2 aliphatic rings. The first-order valence-corrected chi connectivity index (χ1v) is 10.4. The van der Waals surface area contributed by atoms with Gasteiger partial charge in [-0.25, -0.2) is 4.98 Å². The molecule has 1 unspecified atom stereocenters. The molecule has 1 N–H and O–H groups in total. The second kappa shape index (κ2) is 10.8. The van der Waals surface area contributed by atoms with Gasteiger partial charge in [-0.05, 0) is 57.7 Å². The smallest absolute Gasteiger partial charge is 0.230 e. The minimum atomic E-state index is 0. The van der Waals surface area contributed by atoms with Gasteiger partial charge in [-0.1, -0.05) is 11.6 Å². The Morgan fingerprint density at radius 3 is 2.60 bits per heavy atom. The number of anilines is 2. The highest BCUT2D eigenvalue weighted by Crippen LogP contribution is 2.33. The molecule has 9 heteroatoms. The lowest BCUT2D eigenvalue weighted by molar-refractivity contribution is -0.120. The summed E-state index contributed by atoms with van der Waals surface area (Å²) in [5.41, 5.74) is 1.86. The van der Waals surface area contributed by atoms with Crippen LogP contribution in [-0.4, -0.2) is 69.2 Å². The first-order chi connectivity index (χ1) is 13.5. The van der Waals surface area contributed by atoms with Crippen LogP contribution in [-0.2, 0) is 4.79 Å². The highest BCUT2D eigenvalue weighted by atomic mass is 35.5. The average molecular weight is 475 g/mol. The summed E-state index contributed by atoms with van der Waals surface area (Å²) in [6, 6.07) is 8.04. The number of nitrogens with zero attached hydrogens (tertiary/aromatic N) is 4. The maximum Gasteiger partial charge on any atom is 0.230 e. The molecule has 1 amide bonds. The molecule has 0 spiro atoms. The van der Waals surface area contributed by atoms with Crippen molar-refractivity contribution in [1.29, 1.82) is 0 Å². The van der Waals surface area contributed by atoms with Crippen LogP contribution in [0, 0.1) is 5.92 Å². The molecule has 30 heavy (non-hydrogen) atoms. The number of benzene rings is 1. The lowest BCUT2D eigenvalue weighted by Gasteiger charge is -2.29. The number of hydrogen-bond donors (Lipinski definition) is 1. The number of hydrogen-bond acceptors (Lipinski definition) is 5. The zero-order chi connectivity index (χ0) is 19.7. The van der Waals surface area contributed by atoms with Crippen LogP contribution in [0.15, 0.2) is 24.3 Å². The van der Waals surface area contributed by atoms with Gasteiger partial charge >= 0.3 is 0 Å². The summed E-state index contributed by atoms with van der Waals surface area (Å²) in [6.07, 6.45) is 1.84. The van der Waals surface area contributed by atoms with E-state index < -0.39 is 0 Å². The number of amides is 1. The molecule has 2 aromatic rings. The number of rotatable bonds is 5. The van der Waals surface area contributed by atoms with Crippen LogP contribution in [0.1, 0.15) is 12.8 Å². The van der Waals surface area contributed by atoms with Gasteiger partial charge in [-0.3, -0.25) is 4.79 Å². The fourth-order valence-corrected chi connectivity index (χ4v) is 4.35. The fraction of sp³-hybridized carbons (Fsp3) is 0.524. The Bertz CT molecular complexity index is 873. The summed E-state index contributed by atoms with van der Waals surface area (Å²) >= 11 is 6.56. The lowest BCUT2D eigenvalue weighted by atomic mass is 10.0. The quantitative estimate of drug-likeness (QED) is 0.719. The van der Waals surface area contributed by atoms with Crippen molar-refractivity contribution in [3.8, 4) is 0 Å². The highest BCUT2D eigenvalue weighted by Gasteiger charge is 2.32. The van der Waals surface area contributed by atoms with Gasteiger partial charge in [0, 0.05) is 49.7 Å². The zero-order valence-corrected chi connectivity index (χ0v) is 19.8. The molecule has 166 valence electrons. The molecule has 6 nitrogen and oxygen atoms in total. The van der Waals surface area contributed by atoms with E-state index in [1.165, 1.54) is 0 Å². The predicted molar refractivity (Wildman–Crippen MR) is 130 cm³/mol. The summed E-state index contributed by atoms with van der Waals surface area (Å²) in [6.45, 7) is 5.43. The van der Waals surface area contributed by atoms with Crippen LogP contribution >= 0.6 is 36.4 Å². The maximum absolute atomic E-state index is 12.8. The molecule has 1 atom stereocenters. The van der Waals surface area contributed by atoms with Gasteiger partial charge in [0.1, 0.15) is 5.82 Å². The molecular weight excluding hydrogens is 445 g/mol. The number of halogens is 3. The minimum absolute atomic E-state index is 0. The normalized spacial score (nSPS) is 19.2. The van der Waals surface area contributed by atoms with Crippen LogP contribution in [0.25, 0.3) is 10.9 Å². The molecule has 2 aliphatic heterocycles. The van der Waals surface area contributed by atoms with Crippen LogP contribution in [0.5, 0.6) is 0 Å². The van der Waals surface area contributed by atoms with Crippen molar-refractivity contribution in [2.45, 2.75) is 12.8 Å². The third kappa shape index (κ3) is 5.29. The van der Waals surface area contributed by atoms with E-state index in [0.29, 0.717) is 5.02 Å². The standard InChI is InChI=1S/C21H28ClN5O.2ClH/c1-25(2)9-5-15-6-10-27(21(15)28)17-3-4-19-16(13-17)14-18(22)20(24-19)26-11-7-23-8-12-26;;/h3-4,13-15,23H,5-12H2,1-2H3;2*1H. The van der Waals surface area contributed by atoms with Crippen molar-refractivity contribution in [1.82, 2.24) is 15.2 Å². The molecule has 2 fully saturated rings. The Labute approximate surface area is 195 Å². The Kier molecular flexibility index (Phi) is 9.00. The molecule has 1 aromatic heterocycles. The highest BCUT2D eigenvalue weighted by molar-refractivity contribution is 6.33. The zero-order valence-electron chi connectivity index (χ0n) is 17.4. The Balaban J connectivity index is 0.00000160. The number of pyridine rings is 1. The minimum Gasteiger partial charge on any atom is -0.353 e. The van der Waals surface area contributed by atoms with Crippen molar-refractivity contribution >= 4 is 64.7 Å². The SMILES string of the molecule is CN(C)CCC1CCN(c2ccc3nc(N4CCNCC4)c(Cl)cc3c2)C1=O.Cl.Cl.